The van der Waals surface area contributed by atoms with Crippen LogP contribution in [0.2, 0.25) is 0 Å². The zero-order valence-corrected chi connectivity index (χ0v) is 12.5. The van der Waals surface area contributed by atoms with Gasteiger partial charge in [0, 0.05) is 10.9 Å². The van der Waals surface area contributed by atoms with Gasteiger partial charge in [0.15, 0.2) is 11.5 Å². The molecular weight excluding hydrogens is 289 g/mol. The second kappa shape index (κ2) is 5.95. The molecule has 1 atom stereocenters. The van der Waals surface area contributed by atoms with E-state index in [-0.39, 0.29) is 11.9 Å². The fraction of sp³-hybridized carbons (Fsp3) is 0.250. The van der Waals surface area contributed by atoms with Crippen LogP contribution in [0.3, 0.4) is 0 Å². The molecule has 5 heteroatoms. The Morgan fingerprint density at radius 1 is 1.14 bits per heavy atom. The second-order valence-electron chi connectivity index (χ2n) is 4.85. The molecule has 0 bridgehead atoms. The monoisotopic (exact) mass is 305 g/mol. The molecule has 2 aromatic rings. The van der Waals surface area contributed by atoms with Gasteiger partial charge in [0.1, 0.15) is 19.0 Å². The van der Waals surface area contributed by atoms with E-state index in [2.05, 4.69) is 0 Å². The first-order valence-electron chi connectivity index (χ1n) is 6.76. The van der Waals surface area contributed by atoms with Crippen LogP contribution in [-0.2, 0) is 0 Å². The average molecular weight is 305 g/mol. The first-order valence-corrected chi connectivity index (χ1v) is 7.58. The van der Waals surface area contributed by atoms with E-state index in [1.165, 1.54) is 17.8 Å². The van der Waals surface area contributed by atoms with Gasteiger partial charge in [-0.15, -0.1) is 0 Å². The van der Waals surface area contributed by atoms with E-state index >= 15 is 0 Å². The van der Waals surface area contributed by atoms with Crippen molar-refractivity contribution < 1.29 is 13.9 Å². The van der Waals surface area contributed by atoms with Gasteiger partial charge in [-0.05, 0) is 36.8 Å². The number of benzene rings is 2. The number of hydrogen-bond donors (Lipinski definition) is 1. The number of nitrogens with two attached hydrogens (primary N) is 1. The molecule has 2 aromatic carbocycles. The van der Waals surface area contributed by atoms with Crippen molar-refractivity contribution in [3.05, 3.63) is 47.8 Å². The summed E-state index contributed by atoms with van der Waals surface area (Å²) in [5, 5.41) is 0. The molecule has 3 nitrogen and oxygen atoms in total. The van der Waals surface area contributed by atoms with Crippen molar-refractivity contribution in [2.24, 2.45) is 5.73 Å². The summed E-state index contributed by atoms with van der Waals surface area (Å²) in [7, 11) is 0. The minimum absolute atomic E-state index is 0.222. The molecule has 1 aliphatic rings. The van der Waals surface area contributed by atoms with Crippen LogP contribution in [0.5, 0.6) is 11.5 Å². The van der Waals surface area contributed by atoms with E-state index in [1.54, 1.807) is 6.07 Å². The average Bonchev–Trinajstić information content (AvgIpc) is 2.49. The van der Waals surface area contributed by atoms with Gasteiger partial charge < -0.3 is 15.2 Å². The summed E-state index contributed by atoms with van der Waals surface area (Å²) in [6, 6.07) is 10.4. The lowest BCUT2D eigenvalue weighted by Gasteiger charge is -2.19. The van der Waals surface area contributed by atoms with E-state index in [1.807, 2.05) is 31.2 Å². The third-order valence-electron chi connectivity index (χ3n) is 3.22. The molecule has 1 aliphatic heterocycles. The normalized spacial score (nSPS) is 14.8. The van der Waals surface area contributed by atoms with Crippen LogP contribution in [-0.4, -0.2) is 13.2 Å². The molecule has 0 spiro atoms. The zero-order valence-electron chi connectivity index (χ0n) is 11.6. The number of ether oxygens (including phenoxy) is 2. The molecule has 3 rings (SSSR count). The minimum atomic E-state index is -0.260. The SMILES string of the molecule is C[C@@H](N)c1cccc(F)c1Sc1ccc2c(c1)OCCO2. The maximum absolute atomic E-state index is 14.1. The fourth-order valence-corrected chi connectivity index (χ4v) is 3.27. The summed E-state index contributed by atoms with van der Waals surface area (Å²) in [5.74, 6) is 1.17. The summed E-state index contributed by atoms with van der Waals surface area (Å²) < 4.78 is 25.1. The van der Waals surface area contributed by atoms with Crippen LogP contribution >= 0.6 is 11.8 Å². The number of fused-ring (bicyclic) bond motifs is 1. The molecule has 0 saturated carbocycles. The Morgan fingerprint density at radius 3 is 2.67 bits per heavy atom. The fourth-order valence-electron chi connectivity index (χ4n) is 2.20. The van der Waals surface area contributed by atoms with Gasteiger partial charge in [-0.3, -0.25) is 0 Å². The maximum atomic E-state index is 14.1. The van der Waals surface area contributed by atoms with Gasteiger partial charge in [-0.25, -0.2) is 4.39 Å². The van der Waals surface area contributed by atoms with Gasteiger partial charge in [0.05, 0.1) is 4.90 Å². The minimum Gasteiger partial charge on any atom is -0.486 e. The van der Waals surface area contributed by atoms with Crippen LogP contribution in [0.15, 0.2) is 46.2 Å². The highest BCUT2D eigenvalue weighted by atomic mass is 32.2. The van der Waals surface area contributed by atoms with Crippen molar-refractivity contribution in [3.8, 4) is 11.5 Å². The molecule has 0 unspecified atom stereocenters. The van der Waals surface area contributed by atoms with Crippen LogP contribution in [0.25, 0.3) is 0 Å². The van der Waals surface area contributed by atoms with E-state index < -0.39 is 0 Å². The Bertz CT molecular complexity index is 661. The maximum Gasteiger partial charge on any atom is 0.162 e. The Morgan fingerprint density at radius 2 is 1.90 bits per heavy atom. The third-order valence-corrected chi connectivity index (χ3v) is 4.35. The molecule has 0 amide bonds. The quantitative estimate of drug-likeness (QED) is 0.937. The molecule has 0 radical (unpaired) electrons. The van der Waals surface area contributed by atoms with E-state index in [0.29, 0.717) is 23.9 Å². The van der Waals surface area contributed by atoms with Crippen molar-refractivity contribution in [2.45, 2.75) is 22.8 Å². The lowest BCUT2D eigenvalue weighted by atomic mass is 10.1. The van der Waals surface area contributed by atoms with Crippen molar-refractivity contribution in [2.75, 3.05) is 13.2 Å². The van der Waals surface area contributed by atoms with Crippen molar-refractivity contribution >= 4 is 11.8 Å². The molecule has 2 N–H and O–H groups in total. The Labute approximate surface area is 127 Å². The van der Waals surface area contributed by atoms with Crippen molar-refractivity contribution in [1.29, 1.82) is 0 Å². The van der Waals surface area contributed by atoms with Crippen LogP contribution in [0.4, 0.5) is 4.39 Å². The highest BCUT2D eigenvalue weighted by molar-refractivity contribution is 7.99. The number of halogens is 1. The molecule has 1 heterocycles. The smallest absolute Gasteiger partial charge is 0.162 e. The van der Waals surface area contributed by atoms with E-state index in [9.17, 15) is 4.39 Å². The molecule has 0 aromatic heterocycles. The van der Waals surface area contributed by atoms with Crippen LogP contribution < -0.4 is 15.2 Å². The molecule has 110 valence electrons. The van der Waals surface area contributed by atoms with Crippen LogP contribution in [0, 0.1) is 5.82 Å². The molecule has 0 fully saturated rings. The van der Waals surface area contributed by atoms with Crippen molar-refractivity contribution in [1.82, 2.24) is 0 Å². The molecule has 0 saturated heterocycles. The molecule has 0 aliphatic carbocycles. The Hall–Kier alpha value is -1.72. The predicted molar refractivity (Wildman–Crippen MR) is 80.6 cm³/mol. The van der Waals surface area contributed by atoms with Gasteiger partial charge in [-0.1, -0.05) is 23.9 Å². The standard InChI is InChI=1S/C16H16FNO2S/c1-10(18)12-3-2-4-13(17)16(12)21-11-5-6-14-15(9-11)20-8-7-19-14/h2-6,9-10H,7-8,18H2,1H3/t10-/m1/s1. The largest absolute Gasteiger partial charge is 0.486 e. The predicted octanol–water partition coefficient (Wildman–Crippen LogP) is 3.77. The summed E-state index contributed by atoms with van der Waals surface area (Å²) >= 11 is 1.35. The lowest BCUT2D eigenvalue weighted by Crippen LogP contribution is -2.15. The lowest BCUT2D eigenvalue weighted by molar-refractivity contribution is 0.171. The molecule has 21 heavy (non-hydrogen) atoms. The van der Waals surface area contributed by atoms with Gasteiger partial charge in [-0.2, -0.15) is 0 Å². The van der Waals surface area contributed by atoms with Gasteiger partial charge in [0.2, 0.25) is 0 Å². The first kappa shape index (κ1) is 14.2. The zero-order chi connectivity index (χ0) is 14.8. The summed E-state index contributed by atoms with van der Waals surface area (Å²) in [4.78, 5) is 1.45. The summed E-state index contributed by atoms with van der Waals surface area (Å²) in [6.45, 7) is 2.94. The Kier molecular flexibility index (Phi) is 4.03. The van der Waals surface area contributed by atoms with Crippen LogP contribution in [0.1, 0.15) is 18.5 Å². The van der Waals surface area contributed by atoms with E-state index in [4.69, 9.17) is 15.2 Å². The third kappa shape index (κ3) is 2.99. The first-order chi connectivity index (χ1) is 10.1. The van der Waals surface area contributed by atoms with E-state index in [0.717, 1.165) is 16.2 Å². The van der Waals surface area contributed by atoms with Gasteiger partial charge in [0.25, 0.3) is 0 Å². The summed E-state index contributed by atoms with van der Waals surface area (Å²) in [5.41, 5.74) is 6.72. The number of rotatable bonds is 3. The van der Waals surface area contributed by atoms with Crippen molar-refractivity contribution in [3.63, 3.8) is 0 Å². The Balaban J connectivity index is 1.94. The molecular formula is C16H16FNO2S. The van der Waals surface area contributed by atoms with Gasteiger partial charge >= 0.3 is 0 Å². The number of hydrogen-bond acceptors (Lipinski definition) is 4. The summed E-state index contributed by atoms with van der Waals surface area (Å²) in [6.07, 6.45) is 0. The highest BCUT2D eigenvalue weighted by Crippen LogP contribution is 2.39. The highest BCUT2D eigenvalue weighted by Gasteiger charge is 2.16. The second-order valence-corrected chi connectivity index (χ2v) is 5.94. The topological polar surface area (TPSA) is 44.5 Å².